The van der Waals surface area contributed by atoms with Crippen molar-refractivity contribution in [3.8, 4) is 0 Å². The molecule has 1 atom stereocenters. The van der Waals surface area contributed by atoms with Crippen molar-refractivity contribution < 1.29 is 19.2 Å². The van der Waals surface area contributed by atoms with Crippen molar-refractivity contribution in [2.24, 2.45) is 0 Å². The fourth-order valence-electron chi connectivity index (χ4n) is 2.36. The molecule has 120 valence electrons. The van der Waals surface area contributed by atoms with Gasteiger partial charge in [-0.25, -0.2) is 0 Å². The van der Waals surface area contributed by atoms with Gasteiger partial charge in [-0.3, -0.25) is 9.59 Å². The number of nitrogens with zero attached hydrogens (tertiary/aromatic N) is 1. The summed E-state index contributed by atoms with van der Waals surface area (Å²) in [6.45, 7) is 0. The fourth-order valence-corrected chi connectivity index (χ4v) is 2.63. The van der Waals surface area contributed by atoms with Crippen LogP contribution in [0, 0.1) is 0 Å². The number of rotatable bonds is 6. The standard InChI is InChI=1S/C16H15ClN2O4/c17-11-4-2-1-3-10(11)12(8-15(20)21)18-16(22)13-7-14(23-19-13)9-5-6-9/h1-4,7,9,12H,5-6,8H2,(H,18,22)(H,20,21)/t12-/m1/s1. The van der Waals surface area contributed by atoms with E-state index in [0.717, 1.165) is 12.8 Å². The number of carboxylic acid groups (broad SMARTS) is 1. The molecule has 1 aromatic heterocycles. The van der Waals surface area contributed by atoms with Crippen LogP contribution >= 0.6 is 11.6 Å². The zero-order valence-electron chi connectivity index (χ0n) is 12.2. The van der Waals surface area contributed by atoms with E-state index in [2.05, 4.69) is 10.5 Å². The van der Waals surface area contributed by atoms with E-state index in [-0.39, 0.29) is 12.1 Å². The van der Waals surface area contributed by atoms with Gasteiger partial charge in [-0.1, -0.05) is 35.0 Å². The lowest BCUT2D eigenvalue weighted by molar-refractivity contribution is -0.137. The van der Waals surface area contributed by atoms with Gasteiger partial charge in [-0.05, 0) is 24.5 Å². The van der Waals surface area contributed by atoms with Crippen molar-refractivity contribution in [3.05, 3.63) is 52.4 Å². The molecule has 1 amide bonds. The minimum Gasteiger partial charge on any atom is -0.481 e. The molecule has 0 saturated heterocycles. The van der Waals surface area contributed by atoms with Crippen molar-refractivity contribution in [2.45, 2.75) is 31.2 Å². The average Bonchev–Trinajstić information content (AvgIpc) is 3.24. The monoisotopic (exact) mass is 334 g/mol. The van der Waals surface area contributed by atoms with Crippen LogP contribution < -0.4 is 5.32 Å². The minimum atomic E-state index is -1.03. The highest BCUT2D eigenvalue weighted by atomic mass is 35.5. The van der Waals surface area contributed by atoms with Gasteiger partial charge in [0.15, 0.2) is 5.69 Å². The number of nitrogens with one attached hydrogen (secondary N) is 1. The van der Waals surface area contributed by atoms with Crippen molar-refractivity contribution in [1.82, 2.24) is 10.5 Å². The highest BCUT2D eigenvalue weighted by molar-refractivity contribution is 6.31. The van der Waals surface area contributed by atoms with Gasteiger partial charge < -0.3 is 14.9 Å². The molecule has 0 aliphatic heterocycles. The maximum absolute atomic E-state index is 12.3. The number of aliphatic carboxylic acids is 1. The molecule has 2 aromatic rings. The second kappa shape index (κ2) is 6.42. The number of halogens is 1. The largest absolute Gasteiger partial charge is 0.481 e. The smallest absolute Gasteiger partial charge is 0.305 e. The Labute approximate surface area is 137 Å². The quantitative estimate of drug-likeness (QED) is 0.846. The topological polar surface area (TPSA) is 92.4 Å². The van der Waals surface area contributed by atoms with Gasteiger partial charge in [0.1, 0.15) is 5.76 Å². The first kappa shape index (κ1) is 15.6. The molecule has 1 aliphatic carbocycles. The number of carboxylic acids is 1. The van der Waals surface area contributed by atoms with Crippen LogP contribution in [0.15, 0.2) is 34.9 Å². The molecular formula is C16H15ClN2O4. The summed E-state index contributed by atoms with van der Waals surface area (Å²) in [5.41, 5.74) is 0.699. The maximum Gasteiger partial charge on any atom is 0.305 e. The Hall–Kier alpha value is -2.34. The highest BCUT2D eigenvalue weighted by Crippen LogP contribution is 2.40. The summed E-state index contributed by atoms with van der Waals surface area (Å²) in [5.74, 6) is -0.467. The summed E-state index contributed by atoms with van der Waals surface area (Å²) in [5, 5.41) is 15.9. The zero-order valence-corrected chi connectivity index (χ0v) is 12.9. The van der Waals surface area contributed by atoms with E-state index >= 15 is 0 Å². The van der Waals surface area contributed by atoms with Crippen LogP contribution in [0.25, 0.3) is 0 Å². The van der Waals surface area contributed by atoms with Crippen LogP contribution in [0.2, 0.25) is 5.02 Å². The molecule has 0 radical (unpaired) electrons. The van der Waals surface area contributed by atoms with E-state index in [4.69, 9.17) is 21.2 Å². The fraction of sp³-hybridized carbons (Fsp3) is 0.312. The van der Waals surface area contributed by atoms with Crippen LogP contribution in [0.5, 0.6) is 0 Å². The van der Waals surface area contributed by atoms with E-state index in [1.165, 1.54) is 0 Å². The van der Waals surface area contributed by atoms with Crippen LogP contribution in [-0.2, 0) is 4.79 Å². The van der Waals surface area contributed by atoms with Gasteiger partial charge in [0.2, 0.25) is 0 Å². The van der Waals surface area contributed by atoms with E-state index in [1.54, 1.807) is 30.3 Å². The Balaban J connectivity index is 1.78. The first-order valence-electron chi connectivity index (χ1n) is 7.28. The third-order valence-corrected chi connectivity index (χ3v) is 4.05. The average molecular weight is 335 g/mol. The summed E-state index contributed by atoms with van der Waals surface area (Å²) in [4.78, 5) is 23.4. The second-order valence-electron chi connectivity index (χ2n) is 5.53. The van der Waals surface area contributed by atoms with Crippen molar-refractivity contribution in [2.75, 3.05) is 0 Å². The predicted molar refractivity (Wildman–Crippen MR) is 82.4 cm³/mol. The van der Waals surface area contributed by atoms with Crippen LogP contribution in [0.4, 0.5) is 0 Å². The summed E-state index contributed by atoms with van der Waals surface area (Å²) in [6.07, 6.45) is 1.80. The van der Waals surface area contributed by atoms with Crippen molar-refractivity contribution >= 4 is 23.5 Å². The lowest BCUT2D eigenvalue weighted by Gasteiger charge is -2.17. The third kappa shape index (κ3) is 3.71. The molecule has 1 heterocycles. The summed E-state index contributed by atoms with van der Waals surface area (Å²) < 4.78 is 5.15. The van der Waals surface area contributed by atoms with Gasteiger partial charge in [0, 0.05) is 17.0 Å². The first-order chi connectivity index (χ1) is 11.0. The number of hydrogen-bond donors (Lipinski definition) is 2. The van der Waals surface area contributed by atoms with E-state index < -0.39 is 17.9 Å². The molecule has 0 bridgehead atoms. The third-order valence-electron chi connectivity index (χ3n) is 3.71. The van der Waals surface area contributed by atoms with Crippen LogP contribution in [-0.4, -0.2) is 22.1 Å². The van der Waals surface area contributed by atoms with Crippen LogP contribution in [0.1, 0.15) is 53.0 Å². The molecule has 1 fully saturated rings. The Kier molecular flexibility index (Phi) is 4.34. The molecule has 1 saturated carbocycles. The molecule has 1 aliphatic rings. The first-order valence-corrected chi connectivity index (χ1v) is 7.66. The van der Waals surface area contributed by atoms with Crippen molar-refractivity contribution in [1.29, 1.82) is 0 Å². The summed E-state index contributed by atoms with van der Waals surface area (Å²) in [7, 11) is 0. The Bertz CT molecular complexity index is 739. The lowest BCUT2D eigenvalue weighted by Crippen LogP contribution is -2.30. The Morgan fingerprint density at radius 1 is 1.39 bits per heavy atom. The summed E-state index contributed by atoms with van der Waals surface area (Å²) in [6, 6.07) is 7.69. The summed E-state index contributed by atoms with van der Waals surface area (Å²) >= 11 is 6.11. The predicted octanol–water partition coefficient (Wildman–Crippen LogP) is 3.15. The van der Waals surface area contributed by atoms with Gasteiger partial charge in [-0.2, -0.15) is 0 Å². The normalized spacial score (nSPS) is 15.2. The zero-order chi connectivity index (χ0) is 16.4. The SMILES string of the molecule is O=C(O)C[C@@H](NC(=O)c1cc(C2CC2)on1)c1ccccc1Cl. The molecule has 7 heteroatoms. The van der Waals surface area contributed by atoms with Crippen molar-refractivity contribution in [3.63, 3.8) is 0 Å². The number of benzene rings is 1. The van der Waals surface area contributed by atoms with Gasteiger partial charge in [-0.15, -0.1) is 0 Å². The van der Waals surface area contributed by atoms with E-state index in [9.17, 15) is 9.59 Å². The molecule has 2 N–H and O–H groups in total. The maximum atomic E-state index is 12.3. The minimum absolute atomic E-state index is 0.148. The Morgan fingerprint density at radius 2 is 2.13 bits per heavy atom. The highest BCUT2D eigenvalue weighted by Gasteiger charge is 2.29. The molecule has 0 spiro atoms. The van der Waals surface area contributed by atoms with Gasteiger partial charge >= 0.3 is 5.97 Å². The van der Waals surface area contributed by atoms with Crippen LogP contribution in [0.3, 0.4) is 0 Å². The molecule has 6 nitrogen and oxygen atoms in total. The van der Waals surface area contributed by atoms with E-state index in [0.29, 0.717) is 22.3 Å². The number of carbonyl (C=O) groups excluding carboxylic acids is 1. The van der Waals surface area contributed by atoms with Gasteiger partial charge in [0.05, 0.1) is 12.5 Å². The second-order valence-corrected chi connectivity index (χ2v) is 5.94. The molecule has 0 unspecified atom stereocenters. The molecule has 23 heavy (non-hydrogen) atoms. The number of hydrogen-bond acceptors (Lipinski definition) is 4. The number of carbonyl (C=O) groups is 2. The Morgan fingerprint density at radius 3 is 2.78 bits per heavy atom. The lowest BCUT2D eigenvalue weighted by atomic mass is 10.0. The number of aromatic nitrogens is 1. The molecule has 3 rings (SSSR count). The van der Waals surface area contributed by atoms with E-state index in [1.807, 2.05) is 0 Å². The molecule has 1 aromatic carbocycles. The van der Waals surface area contributed by atoms with Gasteiger partial charge in [0.25, 0.3) is 5.91 Å². The molecular weight excluding hydrogens is 320 g/mol. The number of amides is 1.